The lowest BCUT2D eigenvalue weighted by Gasteiger charge is -2.30. The summed E-state index contributed by atoms with van der Waals surface area (Å²) in [5.41, 5.74) is 0.652. The zero-order valence-electron chi connectivity index (χ0n) is 8.42. The zero-order chi connectivity index (χ0) is 10.1. The molecule has 0 fully saturated rings. The number of ketones is 1. The Kier molecular flexibility index (Phi) is 2.56. The Balaban J connectivity index is 2.84. The molecule has 1 rings (SSSR count). The van der Waals surface area contributed by atoms with Crippen LogP contribution in [0.3, 0.4) is 0 Å². The van der Waals surface area contributed by atoms with Gasteiger partial charge in [-0.2, -0.15) is 5.26 Å². The fourth-order valence-corrected chi connectivity index (χ4v) is 1.73. The van der Waals surface area contributed by atoms with Gasteiger partial charge in [-0.3, -0.25) is 4.79 Å². The summed E-state index contributed by atoms with van der Waals surface area (Å²) in [4.78, 5) is 11.6. The average Bonchev–Trinajstić information content (AvgIpc) is 2.01. The van der Waals surface area contributed by atoms with E-state index in [-0.39, 0.29) is 17.1 Å². The molecule has 0 N–H and O–H groups in total. The van der Waals surface area contributed by atoms with Crippen LogP contribution in [-0.2, 0) is 4.79 Å². The van der Waals surface area contributed by atoms with Gasteiger partial charge in [0.25, 0.3) is 0 Å². The molecule has 0 aromatic heterocycles. The molecule has 1 atom stereocenters. The van der Waals surface area contributed by atoms with Crippen LogP contribution >= 0.6 is 0 Å². The van der Waals surface area contributed by atoms with Gasteiger partial charge >= 0.3 is 0 Å². The first kappa shape index (κ1) is 9.98. The molecule has 0 aromatic rings. The Morgan fingerprint density at radius 3 is 2.54 bits per heavy atom. The molecule has 0 bridgehead atoms. The van der Waals surface area contributed by atoms with Crippen molar-refractivity contribution in [2.24, 2.45) is 11.3 Å². The lowest BCUT2D eigenvalue weighted by atomic mass is 9.72. The third-order valence-electron chi connectivity index (χ3n) is 2.55. The van der Waals surface area contributed by atoms with Crippen LogP contribution in [0.4, 0.5) is 0 Å². The molecular weight excluding hydrogens is 162 g/mol. The first-order valence-electron chi connectivity index (χ1n) is 4.59. The Labute approximate surface area is 79.2 Å². The van der Waals surface area contributed by atoms with E-state index in [9.17, 15) is 4.79 Å². The Morgan fingerprint density at radius 2 is 2.15 bits per heavy atom. The molecule has 0 aliphatic heterocycles. The van der Waals surface area contributed by atoms with E-state index in [1.807, 2.05) is 6.07 Å². The number of nitrogens with zero attached hydrogens (tertiary/aromatic N) is 1. The summed E-state index contributed by atoms with van der Waals surface area (Å²) in [5.74, 6) is 0.208. The van der Waals surface area contributed by atoms with Crippen LogP contribution in [0, 0.1) is 22.7 Å². The van der Waals surface area contributed by atoms with E-state index in [2.05, 4.69) is 20.8 Å². The Bertz CT molecular complexity index is 288. The molecule has 0 heterocycles. The summed E-state index contributed by atoms with van der Waals surface area (Å²) in [6.45, 7) is 6.21. The fourth-order valence-electron chi connectivity index (χ4n) is 1.73. The minimum atomic E-state index is 0.0224. The van der Waals surface area contributed by atoms with E-state index in [4.69, 9.17) is 5.26 Å². The number of nitriles is 1. The quantitative estimate of drug-likeness (QED) is 0.570. The van der Waals surface area contributed by atoms with E-state index in [0.717, 1.165) is 12.8 Å². The SMILES string of the molecule is CC(C)(C)C1CCC(C#N)=CC1=O. The molecule has 0 spiro atoms. The van der Waals surface area contributed by atoms with Crippen LogP contribution in [0.5, 0.6) is 0 Å². The van der Waals surface area contributed by atoms with Crippen molar-refractivity contribution >= 4 is 5.78 Å². The van der Waals surface area contributed by atoms with Crippen molar-refractivity contribution in [2.75, 3.05) is 0 Å². The van der Waals surface area contributed by atoms with Crippen LogP contribution in [0.1, 0.15) is 33.6 Å². The van der Waals surface area contributed by atoms with E-state index >= 15 is 0 Å². The van der Waals surface area contributed by atoms with Crippen molar-refractivity contribution in [1.82, 2.24) is 0 Å². The third-order valence-corrected chi connectivity index (χ3v) is 2.55. The Morgan fingerprint density at radius 1 is 1.54 bits per heavy atom. The number of carbonyl (C=O) groups excluding carboxylic acids is 1. The zero-order valence-corrected chi connectivity index (χ0v) is 8.42. The average molecular weight is 177 g/mol. The number of carbonyl (C=O) groups is 1. The summed E-state index contributed by atoms with van der Waals surface area (Å²) in [7, 11) is 0. The lowest BCUT2D eigenvalue weighted by molar-refractivity contribution is -0.122. The molecule has 0 amide bonds. The molecule has 0 aromatic carbocycles. The normalized spacial score (nSPS) is 23.7. The predicted molar refractivity (Wildman–Crippen MR) is 50.9 cm³/mol. The van der Waals surface area contributed by atoms with Crippen LogP contribution in [0.25, 0.3) is 0 Å². The van der Waals surface area contributed by atoms with Gasteiger partial charge in [0, 0.05) is 11.5 Å². The molecule has 1 aliphatic carbocycles. The van der Waals surface area contributed by atoms with Gasteiger partial charge < -0.3 is 0 Å². The van der Waals surface area contributed by atoms with Crippen molar-refractivity contribution in [1.29, 1.82) is 5.26 Å². The number of hydrogen-bond donors (Lipinski definition) is 0. The molecule has 0 saturated carbocycles. The number of hydrogen-bond acceptors (Lipinski definition) is 2. The van der Waals surface area contributed by atoms with Gasteiger partial charge in [-0.1, -0.05) is 20.8 Å². The maximum absolute atomic E-state index is 11.6. The van der Waals surface area contributed by atoms with Crippen molar-refractivity contribution in [3.63, 3.8) is 0 Å². The van der Waals surface area contributed by atoms with Crippen LogP contribution in [0.2, 0.25) is 0 Å². The molecule has 2 heteroatoms. The smallest absolute Gasteiger partial charge is 0.160 e. The van der Waals surface area contributed by atoms with Crippen molar-refractivity contribution in [2.45, 2.75) is 33.6 Å². The summed E-state index contributed by atoms with van der Waals surface area (Å²) in [6, 6.07) is 2.05. The topological polar surface area (TPSA) is 40.9 Å². The van der Waals surface area contributed by atoms with Crippen molar-refractivity contribution < 1.29 is 4.79 Å². The molecule has 70 valence electrons. The highest BCUT2D eigenvalue weighted by atomic mass is 16.1. The Hall–Kier alpha value is -1.10. The molecular formula is C11H15NO. The minimum Gasteiger partial charge on any atom is -0.294 e. The van der Waals surface area contributed by atoms with Gasteiger partial charge in [-0.15, -0.1) is 0 Å². The second-order valence-corrected chi connectivity index (χ2v) is 4.64. The van der Waals surface area contributed by atoms with Crippen LogP contribution in [0.15, 0.2) is 11.6 Å². The van der Waals surface area contributed by atoms with Crippen molar-refractivity contribution in [3.05, 3.63) is 11.6 Å². The second-order valence-electron chi connectivity index (χ2n) is 4.64. The van der Waals surface area contributed by atoms with Gasteiger partial charge in [-0.05, 0) is 24.3 Å². The van der Waals surface area contributed by atoms with E-state index in [1.165, 1.54) is 6.08 Å². The largest absolute Gasteiger partial charge is 0.294 e. The highest BCUT2D eigenvalue weighted by molar-refractivity contribution is 5.94. The summed E-state index contributed by atoms with van der Waals surface area (Å²) < 4.78 is 0. The lowest BCUT2D eigenvalue weighted by Crippen LogP contribution is -2.29. The second kappa shape index (κ2) is 3.33. The first-order chi connectivity index (χ1) is 5.95. The molecule has 0 saturated heterocycles. The molecule has 0 radical (unpaired) electrons. The van der Waals surface area contributed by atoms with Crippen LogP contribution < -0.4 is 0 Å². The monoisotopic (exact) mass is 177 g/mol. The fraction of sp³-hybridized carbons (Fsp3) is 0.636. The summed E-state index contributed by atoms with van der Waals surface area (Å²) in [6.07, 6.45) is 3.09. The van der Waals surface area contributed by atoms with Gasteiger partial charge in [0.2, 0.25) is 0 Å². The third kappa shape index (κ3) is 2.18. The van der Waals surface area contributed by atoms with E-state index < -0.39 is 0 Å². The number of allylic oxidation sites excluding steroid dienone is 2. The maximum Gasteiger partial charge on any atom is 0.160 e. The van der Waals surface area contributed by atoms with Gasteiger partial charge in [0.05, 0.1) is 6.07 Å². The highest BCUT2D eigenvalue weighted by Crippen LogP contribution is 2.34. The molecule has 2 nitrogen and oxygen atoms in total. The van der Waals surface area contributed by atoms with Crippen LogP contribution in [-0.4, -0.2) is 5.78 Å². The molecule has 13 heavy (non-hydrogen) atoms. The summed E-state index contributed by atoms with van der Waals surface area (Å²) in [5, 5.41) is 8.63. The minimum absolute atomic E-state index is 0.0224. The molecule has 1 unspecified atom stereocenters. The van der Waals surface area contributed by atoms with E-state index in [1.54, 1.807) is 0 Å². The standard InChI is InChI=1S/C11H15NO/c1-11(2,3)9-5-4-8(7-12)6-10(9)13/h6,9H,4-5H2,1-3H3. The number of rotatable bonds is 0. The maximum atomic E-state index is 11.6. The molecule has 1 aliphatic rings. The van der Waals surface area contributed by atoms with E-state index in [0.29, 0.717) is 5.57 Å². The highest BCUT2D eigenvalue weighted by Gasteiger charge is 2.32. The van der Waals surface area contributed by atoms with Crippen molar-refractivity contribution in [3.8, 4) is 6.07 Å². The van der Waals surface area contributed by atoms with Gasteiger partial charge in [-0.25, -0.2) is 0 Å². The predicted octanol–water partition coefficient (Wildman–Crippen LogP) is 2.46. The van der Waals surface area contributed by atoms with Gasteiger partial charge in [0.1, 0.15) is 0 Å². The first-order valence-corrected chi connectivity index (χ1v) is 4.59. The van der Waals surface area contributed by atoms with Gasteiger partial charge in [0.15, 0.2) is 5.78 Å². The summed E-state index contributed by atoms with van der Waals surface area (Å²) >= 11 is 0.